The SMILES string of the molecule is CN(CCCl)c1ccc2ccccc2c1. The Morgan fingerprint density at radius 2 is 1.80 bits per heavy atom. The predicted molar refractivity (Wildman–Crippen MR) is 67.9 cm³/mol. The van der Waals surface area contributed by atoms with Crippen LogP contribution < -0.4 is 4.90 Å². The first-order valence-corrected chi connectivity index (χ1v) is 5.60. The van der Waals surface area contributed by atoms with Gasteiger partial charge in [0, 0.05) is 25.2 Å². The van der Waals surface area contributed by atoms with Crippen LogP contribution in [-0.2, 0) is 0 Å². The first-order chi connectivity index (χ1) is 7.31. The van der Waals surface area contributed by atoms with Gasteiger partial charge in [-0.15, -0.1) is 11.6 Å². The maximum absolute atomic E-state index is 5.72. The molecule has 0 aliphatic carbocycles. The molecule has 2 aromatic carbocycles. The van der Waals surface area contributed by atoms with Crippen molar-refractivity contribution in [3.8, 4) is 0 Å². The first kappa shape index (κ1) is 10.3. The summed E-state index contributed by atoms with van der Waals surface area (Å²) in [5.41, 5.74) is 1.22. The van der Waals surface area contributed by atoms with E-state index in [0.29, 0.717) is 5.88 Å². The number of rotatable bonds is 3. The monoisotopic (exact) mass is 219 g/mol. The Bertz CT molecular complexity index is 453. The minimum Gasteiger partial charge on any atom is -0.373 e. The lowest BCUT2D eigenvalue weighted by molar-refractivity contribution is 0.975. The van der Waals surface area contributed by atoms with Crippen LogP contribution in [0.2, 0.25) is 0 Å². The molecule has 0 heterocycles. The van der Waals surface area contributed by atoms with Crippen molar-refractivity contribution in [2.24, 2.45) is 0 Å². The number of hydrogen-bond donors (Lipinski definition) is 0. The second-order valence-corrected chi connectivity index (χ2v) is 4.02. The van der Waals surface area contributed by atoms with Crippen LogP contribution in [0.1, 0.15) is 0 Å². The summed E-state index contributed by atoms with van der Waals surface area (Å²) in [6, 6.07) is 14.9. The van der Waals surface area contributed by atoms with E-state index in [1.807, 2.05) is 0 Å². The van der Waals surface area contributed by atoms with Crippen molar-refractivity contribution in [3.63, 3.8) is 0 Å². The van der Waals surface area contributed by atoms with Crippen LogP contribution in [0, 0.1) is 0 Å². The summed E-state index contributed by atoms with van der Waals surface area (Å²) in [4.78, 5) is 2.17. The lowest BCUT2D eigenvalue weighted by Gasteiger charge is -2.18. The molecule has 2 aromatic rings. The fourth-order valence-electron chi connectivity index (χ4n) is 1.67. The van der Waals surface area contributed by atoms with Gasteiger partial charge in [-0.2, -0.15) is 0 Å². The van der Waals surface area contributed by atoms with E-state index < -0.39 is 0 Å². The van der Waals surface area contributed by atoms with Gasteiger partial charge in [-0.05, 0) is 22.9 Å². The van der Waals surface area contributed by atoms with Gasteiger partial charge in [-0.25, -0.2) is 0 Å². The Balaban J connectivity index is 2.38. The van der Waals surface area contributed by atoms with Crippen molar-refractivity contribution in [2.45, 2.75) is 0 Å². The van der Waals surface area contributed by atoms with Crippen molar-refractivity contribution in [3.05, 3.63) is 42.5 Å². The number of alkyl halides is 1. The molecule has 0 spiro atoms. The molecule has 1 nitrogen and oxygen atoms in total. The molecule has 0 N–H and O–H groups in total. The van der Waals surface area contributed by atoms with Crippen LogP contribution in [-0.4, -0.2) is 19.5 Å². The number of nitrogens with zero attached hydrogens (tertiary/aromatic N) is 1. The third-order valence-electron chi connectivity index (χ3n) is 2.59. The second kappa shape index (κ2) is 4.54. The van der Waals surface area contributed by atoms with Gasteiger partial charge in [0.2, 0.25) is 0 Å². The van der Waals surface area contributed by atoms with E-state index in [0.717, 1.165) is 6.54 Å². The molecule has 0 bridgehead atoms. The van der Waals surface area contributed by atoms with Gasteiger partial charge in [-0.1, -0.05) is 30.3 Å². The van der Waals surface area contributed by atoms with Crippen molar-refractivity contribution in [1.29, 1.82) is 0 Å². The van der Waals surface area contributed by atoms with E-state index in [-0.39, 0.29) is 0 Å². The van der Waals surface area contributed by atoms with Crippen molar-refractivity contribution in [2.75, 3.05) is 24.4 Å². The molecule has 0 saturated heterocycles. The Morgan fingerprint density at radius 1 is 1.07 bits per heavy atom. The first-order valence-electron chi connectivity index (χ1n) is 5.07. The quantitative estimate of drug-likeness (QED) is 0.715. The number of halogens is 1. The van der Waals surface area contributed by atoms with Crippen LogP contribution in [0.25, 0.3) is 10.8 Å². The molecule has 0 fully saturated rings. The molecule has 2 heteroatoms. The van der Waals surface area contributed by atoms with Crippen LogP contribution in [0.15, 0.2) is 42.5 Å². The lowest BCUT2D eigenvalue weighted by Crippen LogP contribution is -2.19. The fourth-order valence-corrected chi connectivity index (χ4v) is 1.92. The summed E-state index contributed by atoms with van der Waals surface area (Å²) >= 11 is 5.72. The highest BCUT2D eigenvalue weighted by atomic mass is 35.5. The summed E-state index contributed by atoms with van der Waals surface area (Å²) in [5.74, 6) is 0.656. The Morgan fingerprint density at radius 3 is 2.53 bits per heavy atom. The zero-order valence-corrected chi connectivity index (χ0v) is 9.54. The molecule has 2 rings (SSSR count). The van der Waals surface area contributed by atoms with E-state index in [2.05, 4.69) is 54.4 Å². The van der Waals surface area contributed by atoms with Gasteiger partial charge in [0.25, 0.3) is 0 Å². The molecule has 0 aliphatic rings. The minimum atomic E-state index is 0.656. The number of anilines is 1. The maximum Gasteiger partial charge on any atom is 0.0399 e. The largest absolute Gasteiger partial charge is 0.373 e. The van der Waals surface area contributed by atoms with E-state index in [9.17, 15) is 0 Å². The van der Waals surface area contributed by atoms with Crippen molar-refractivity contribution < 1.29 is 0 Å². The topological polar surface area (TPSA) is 3.24 Å². The number of benzene rings is 2. The lowest BCUT2D eigenvalue weighted by atomic mass is 10.1. The zero-order valence-electron chi connectivity index (χ0n) is 8.78. The van der Waals surface area contributed by atoms with E-state index in [1.54, 1.807) is 0 Å². The minimum absolute atomic E-state index is 0.656. The highest BCUT2D eigenvalue weighted by Gasteiger charge is 2.00. The molecule has 0 aromatic heterocycles. The van der Waals surface area contributed by atoms with Crippen LogP contribution in [0.4, 0.5) is 5.69 Å². The highest BCUT2D eigenvalue weighted by Crippen LogP contribution is 2.20. The van der Waals surface area contributed by atoms with Gasteiger partial charge in [-0.3, -0.25) is 0 Å². The van der Waals surface area contributed by atoms with Crippen LogP contribution in [0.5, 0.6) is 0 Å². The third-order valence-corrected chi connectivity index (χ3v) is 2.76. The molecule has 0 saturated carbocycles. The van der Waals surface area contributed by atoms with Gasteiger partial charge in [0.05, 0.1) is 0 Å². The van der Waals surface area contributed by atoms with Crippen LogP contribution >= 0.6 is 11.6 Å². The molecule has 0 atom stereocenters. The summed E-state index contributed by atoms with van der Waals surface area (Å²) < 4.78 is 0. The molecule has 78 valence electrons. The summed E-state index contributed by atoms with van der Waals surface area (Å²) in [6.07, 6.45) is 0. The van der Waals surface area contributed by atoms with Gasteiger partial charge in [0.1, 0.15) is 0 Å². The molecule has 0 radical (unpaired) electrons. The number of fused-ring (bicyclic) bond motifs is 1. The number of hydrogen-bond acceptors (Lipinski definition) is 1. The normalized spacial score (nSPS) is 10.5. The van der Waals surface area contributed by atoms with Gasteiger partial charge < -0.3 is 4.90 Å². The van der Waals surface area contributed by atoms with Crippen LogP contribution in [0.3, 0.4) is 0 Å². The van der Waals surface area contributed by atoms with E-state index in [4.69, 9.17) is 11.6 Å². The molecular weight excluding hydrogens is 206 g/mol. The van der Waals surface area contributed by atoms with E-state index >= 15 is 0 Å². The highest BCUT2D eigenvalue weighted by molar-refractivity contribution is 6.18. The average Bonchev–Trinajstić information content (AvgIpc) is 2.29. The molecule has 0 amide bonds. The molecule has 15 heavy (non-hydrogen) atoms. The predicted octanol–water partition coefficient (Wildman–Crippen LogP) is 3.51. The summed E-state index contributed by atoms with van der Waals surface area (Å²) in [6.45, 7) is 0.875. The zero-order chi connectivity index (χ0) is 10.7. The molecule has 0 unspecified atom stereocenters. The third kappa shape index (κ3) is 2.24. The van der Waals surface area contributed by atoms with E-state index in [1.165, 1.54) is 16.5 Å². The smallest absolute Gasteiger partial charge is 0.0399 e. The fraction of sp³-hybridized carbons (Fsp3) is 0.231. The van der Waals surface area contributed by atoms with Crippen molar-refractivity contribution in [1.82, 2.24) is 0 Å². The summed E-state index contributed by atoms with van der Waals surface area (Å²) in [5, 5.41) is 2.55. The van der Waals surface area contributed by atoms with Crippen molar-refractivity contribution >= 4 is 28.1 Å². The maximum atomic E-state index is 5.72. The molecule has 0 aliphatic heterocycles. The Labute approximate surface area is 95.3 Å². The van der Waals surface area contributed by atoms with Gasteiger partial charge >= 0.3 is 0 Å². The Hall–Kier alpha value is -1.21. The molecular formula is C13H14ClN. The second-order valence-electron chi connectivity index (χ2n) is 3.64. The standard InChI is InChI=1S/C13H14ClN/c1-15(9-8-14)13-7-6-11-4-2-3-5-12(11)10-13/h2-7,10H,8-9H2,1H3. The average molecular weight is 220 g/mol. The summed E-state index contributed by atoms with van der Waals surface area (Å²) in [7, 11) is 2.06. The Kier molecular flexibility index (Phi) is 3.12. The van der Waals surface area contributed by atoms with Gasteiger partial charge in [0.15, 0.2) is 0 Å².